The fraction of sp³-hybridized carbons (Fsp3) is 0.500. The molecule has 2 aromatic rings. The Morgan fingerprint density at radius 3 is 3.04 bits per heavy atom. The van der Waals surface area contributed by atoms with Gasteiger partial charge in [0.15, 0.2) is 11.5 Å². The predicted molar refractivity (Wildman–Crippen MR) is 87.8 cm³/mol. The van der Waals surface area contributed by atoms with Crippen molar-refractivity contribution in [3.8, 4) is 11.5 Å². The molecule has 0 spiro atoms. The molecule has 1 fully saturated rings. The molecule has 1 aromatic carbocycles. The lowest BCUT2D eigenvalue weighted by Gasteiger charge is -2.27. The van der Waals surface area contributed by atoms with Crippen molar-refractivity contribution in [2.45, 2.75) is 38.9 Å². The summed E-state index contributed by atoms with van der Waals surface area (Å²) in [4.78, 5) is 2.55. The van der Waals surface area contributed by atoms with E-state index in [2.05, 4.69) is 39.9 Å². The van der Waals surface area contributed by atoms with Gasteiger partial charge in [-0.15, -0.1) is 0 Å². The first-order chi connectivity index (χ1) is 11.3. The van der Waals surface area contributed by atoms with Crippen molar-refractivity contribution in [1.29, 1.82) is 0 Å². The number of nitrogens with zero attached hydrogens (tertiary/aromatic N) is 3. The van der Waals surface area contributed by atoms with E-state index in [0.29, 0.717) is 19.3 Å². The molecule has 0 radical (unpaired) electrons. The molecule has 2 aliphatic heterocycles. The standard InChI is InChI=1S/C18H23N3O2/c1-14-10-19-21(11-14)13-16-5-3-7-20(16)12-15-4-2-6-17-18(15)23-9-8-22-17/h2,4,6,10-11,16H,3,5,7-9,12-13H2,1H3. The summed E-state index contributed by atoms with van der Waals surface area (Å²) >= 11 is 0. The molecule has 122 valence electrons. The highest BCUT2D eigenvalue weighted by Crippen LogP contribution is 2.35. The molecule has 2 aliphatic rings. The van der Waals surface area contributed by atoms with Crippen LogP contribution < -0.4 is 9.47 Å². The number of ether oxygens (including phenoxy) is 2. The molecule has 23 heavy (non-hydrogen) atoms. The zero-order chi connectivity index (χ0) is 15.6. The third-order valence-electron chi connectivity index (χ3n) is 4.68. The van der Waals surface area contributed by atoms with E-state index in [-0.39, 0.29) is 0 Å². The van der Waals surface area contributed by atoms with Gasteiger partial charge in [0.25, 0.3) is 0 Å². The van der Waals surface area contributed by atoms with Crippen LogP contribution in [0.1, 0.15) is 24.0 Å². The molecule has 0 saturated carbocycles. The summed E-state index contributed by atoms with van der Waals surface area (Å²) in [6, 6.07) is 6.74. The Morgan fingerprint density at radius 2 is 2.17 bits per heavy atom. The molecule has 1 saturated heterocycles. The predicted octanol–water partition coefficient (Wildman–Crippen LogP) is 2.63. The number of aromatic nitrogens is 2. The van der Waals surface area contributed by atoms with Crippen LogP contribution in [0.15, 0.2) is 30.6 Å². The van der Waals surface area contributed by atoms with Crippen molar-refractivity contribution in [2.75, 3.05) is 19.8 Å². The van der Waals surface area contributed by atoms with Crippen LogP contribution in [0.25, 0.3) is 0 Å². The van der Waals surface area contributed by atoms with Crippen LogP contribution in [0, 0.1) is 6.92 Å². The number of aryl methyl sites for hydroxylation is 1. The van der Waals surface area contributed by atoms with Crippen LogP contribution in [0.4, 0.5) is 0 Å². The van der Waals surface area contributed by atoms with E-state index in [0.717, 1.165) is 31.1 Å². The molecule has 4 rings (SSSR count). The second-order valence-corrected chi connectivity index (χ2v) is 6.45. The molecular weight excluding hydrogens is 290 g/mol. The van der Waals surface area contributed by atoms with Gasteiger partial charge in [-0.3, -0.25) is 9.58 Å². The molecule has 1 aromatic heterocycles. The number of likely N-dealkylation sites (tertiary alicyclic amines) is 1. The number of fused-ring (bicyclic) bond motifs is 1. The van der Waals surface area contributed by atoms with Crippen molar-refractivity contribution in [3.63, 3.8) is 0 Å². The van der Waals surface area contributed by atoms with Gasteiger partial charge in [0.05, 0.1) is 12.7 Å². The summed E-state index contributed by atoms with van der Waals surface area (Å²) < 4.78 is 13.6. The lowest BCUT2D eigenvalue weighted by molar-refractivity contribution is 0.164. The van der Waals surface area contributed by atoms with Crippen LogP contribution >= 0.6 is 0 Å². The van der Waals surface area contributed by atoms with E-state index in [9.17, 15) is 0 Å². The van der Waals surface area contributed by atoms with Crippen molar-refractivity contribution < 1.29 is 9.47 Å². The third-order valence-corrected chi connectivity index (χ3v) is 4.68. The van der Waals surface area contributed by atoms with Gasteiger partial charge in [-0.05, 0) is 37.9 Å². The molecule has 0 amide bonds. The molecule has 0 aliphatic carbocycles. The Hall–Kier alpha value is -2.01. The topological polar surface area (TPSA) is 39.5 Å². The summed E-state index contributed by atoms with van der Waals surface area (Å²) in [5, 5.41) is 4.44. The Morgan fingerprint density at radius 1 is 1.26 bits per heavy atom. The minimum absolute atomic E-state index is 0.537. The minimum Gasteiger partial charge on any atom is -0.486 e. The molecular formula is C18H23N3O2. The highest BCUT2D eigenvalue weighted by Gasteiger charge is 2.27. The number of hydrogen-bond acceptors (Lipinski definition) is 4. The van der Waals surface area contributed by atoms with Gasteiger partial charge in [-0.1, -0.05) is 12.1 Å². The molecule has 5 nitrogen and oxygen atoms in total. The first-order valence-electron chi connectivity index (χ1n) is 8.40. The Labute approximate surface area is 136 Å². The van der Waals surface area contributed by atoms with Crippen molar-refractivity contribution in [2.24, 2.45) is 0 Å². The Bertz CT molecular complexity index is 683. The molecule has 5 heteroatoms. The summed E-state index contributed by atoms with van der Waals surface area (Å²) in [6.07, 6.45) is 6.53. The third kappa shape index (κ3) is 3.06. The fourth-order valence-corrected chi connectivity index (χ4v) is 3.57. The van der Waals surface area contributed by atoms with E-state index < -0.39 is 0 Å². The normalized spacial score (nSPS) is 20.8. The second kappa shape index (κ2) is 6.24. The van der Waals surface area contributed by atoms with Gasteiger partial charge in [-0.25, -0.2) is 0 Å². The van der Waals surface area contributed by atoms with E-state index in [1.54, 1.807) is 0 Å². The average Bonchev–Trinajstić information content (AvgIpc) is 3.17. The smallest absolute Gasteiger partial charge is 0.165 e. The first kappa shape index (κ1) is 14.6. The molecule has 1 atom stereocenters. The maximum absolute atomic E-state index is 5.85. The van der Waals surface area contributed by atoms with Gasteiger partial charge >= 0.3 is 0 Å². The first-order valence-corrected chi connectivity index (χ1v) is 8.40. The molecule has 0 N–H and O–H groups in total. The lowest BCUT2D eigenvalue weighted by atomic mass is 10.1. The maximum atomic E-state index is 5.85. The van der Waals surface area contributed by atoms with Crippen molar-refractivity contribution in [3.05, 3.63) is 41.7 Å². The summed E-state index contributed by atoms with van der Waals surface area (Å²) in [5.41, 5.74) is 2.45. The number of para-hydroxylation sites is 1. The molecule has 0 bridgehead atoms. The monoisotopic (exact) mass is 313 g/mol. The van der Waals surface area contributed by atoms with E-state index >= 15 is 0 Å². The van der Waals surface area contributed by atoms with Gasteiger partial charge in [0, 0.05) is 24.3 Å². The van der Waals surface area contributed by atoms with Crippen LogP contribution in [0.5, 0.6) is 11.5 Å². The lowest BCUT2D eigenvalue weighted by Crippen LogP contribution is -2.33. The van der Waals surface area contributed by atoms with Crippen LogP contribution in [-0.2, 0) is 13.1 Å². The molecule has 3 heterocycles. The zero-order valence-electron chi connectivity index (χ0n) is 13.6. The Kier molecular flexibility index (Phi) is 3.95. The maximum Gasteiger partial charge on any atom is 0.165 e. The fourth-order valence-electron chi connectivity index (χ4n) is 3.57. The minimum atomic E-state index is 0.537. The number of rotatable bonds is 4. The number of hydrogen-bond donors (Lipinski definition) is 0. The SMILES string of the molecule is Cc1cnn(CC2CCCN2Cc2cccc3c2OCCO3)c1. The van der Waals surface area contributed by atoms with Crippen LogP contribution in [-0.4, -0.2) is 40.5 Å². The van der Waals surface area contributed by atoms with Crippen molar-refractivity contribution in [1.82, 2.24) is 14.7 Å². The van der Waals surface area contributed by atoms with Crippen molar-refractivity contribution >= 4 is 0 Å². The van der Waals surface area contributed by atoms with E-state index in [1.807, 2.05) is 12.3 Å². The summed E-state index contributed by atoms with van der Waals surface area (Å²) in [7, 11) is 0. The molecule has 1 unspecified atom stereocenters. The number of benzene rings is 1. The van der Waals surface area contributed by atoms with Gasteiger partial charge in [0.1, 0.15) is 13.2 Å². The van der Waals surface area contributed by atoms with Gasteiger partial charge < -0.3 is 9.47 Å². The Balaban J connectivity index is 1.49. The van der Waals surface area contributed by atoms with E-state index in [1.165, 1.54) is 24.0 Å². The summed E-state index contributed by atoms with van der Waals surface area (Å²) in [6.45, 7) is 6.37. The van der Waals surface area contributed by atoms with Gasteiger partial charge in [0.2, 0.25) is 0 Å². The van der Waals surface area contributed by atoms with Crippen LogP contribution in [0.3, 0.4) is 0 Å². The highest BCUT2D eigenvalue weighted by atomic mass is 16.6. The zero-order valence-corrected chi connectivity index (χ0v) is 13.6. The summed E-state index contributed by atoms with van der Waals surface area (Å²) in [5.74, 6) is 1.81. The quantitative estimate of drug-likeness (QED) is 0.870. The average molecular weight is 313 g/mol. The highest BCUT2D eigenvalue weighted by molar-refractivity contribution is 5.47. The van der Waals surface area contributed by atoms with Gasteiger partial charge in [-0.2, -0.15) is 5.10 Å². The van der Waals surface area contributed by atoms with Crippen LogP contribution in [0.2, 0.25) is 0 Å². The second-order valence-electron chi connectivity index (χ2n) is 6.45. The van der Waals surface area contributed by atoms with E-state index in [4.69, 9.17) is 9.47 Å². The largest absolute Gasteiger partial charge is 0.486 e.